The number of esters is 1. The van der Waals surface area contributed by atoms with E-state index < -0.39 is 23.5 Å². The fourth-order valence-corrected chi connectivity index (χ4v) is 8.95. The van der Waals surface area contributed by atoms with E-state index in [2.05, 4.69) is 4.90 Å². The number of nitrogens with one attached hydrogen (secondary N) is 1. The zero-order valence-corrected chi connectivity index (χ0v) is 30.5. The molecule has 0 bridgehead atoms. The summed E-state index contributed by atoms with van der Waals surface area (Å²) in [5.74, 6) is -0.450. The molecule has 4 unspecified atom stereocenters. The molecule has 2 aromatic carbocycles. The first-order valence-corrected chi connectivity index (χ1v) is 18.7. The predicted octanol–water partition coefficient (Wildman–Crippen LogP) is 4.33. The number of fused-ring (bicyclic) bond motifs is 2. The maximum atomic E-state index is 12.4. The van der Waals surface area contributed by atoms with Crippen LogP contribution in [-0.2, 0) is 46.4 Å². The van der Waals surface area contributed by atoms with Crippen LogP contribution in [0.15, 0.2) is 48.5 Å². The lowest BCUT2D eigenvalue weighted by Gasteiger charge is -2.24. The van der Waals surface area contributed by atoms with Gasteiger partial charge in [-0.2, -0.15) is 0 Å². The SMILES string of the molecule is COC(=O)[C@H]1CC2(CN1Cc1ccc(OC)cc1)OC1CCCCC1O2.COc1ccc(CN2CC3(C[C@@H]2C(=O)NO)OC2CCCCC2O3)cc1. The first-order chi connectivity index (χ1) is 25.2. The molecule has 1 amide bonds. The van der Waals surface area contributed by atoms with E-state index in [1.54, 1.807) is 19.7 Å². The molecule has 13 heteroatoms. The van der Waals surface area contributed by atoms with Gasteiger partial charge in [-0.25, -0.2) is 5.48 Å². The van der Waals surface area contributed by atoms with Gasteiger partial charge < -0.3 is 33.2 Å². The van der Waals surface area contributed by atoms with Crippen molar-refractivity contribution < 1.29 is 48.0 Å². The second-order valence-corrected chi connectivity index (χ2v) is 15.0. The molecule has 13 nitrogen and oxygen atoms in total. The average Bonchev–Trinajstić information content (AvgIpc) is 3.93. The highest BCUT2D eigenvalue weighted by Gasteiger charge is 2.57. The van der Waals surface area contributed by atoms with Gasteiger partial charge in [-0.1, -0.05) is 49.9 Å². The number of rotatable bonds is 8. The van der Waals surface area contributed by atoms with Crippen LogP contribution < -0.4 is 15.0 Å². The molecular formula is C39H53N3O10. The standard InChI is InChI=1S/C20H27NO5.C19H26N2O5/c1-23-15-9-7-14(8-10-15)12-21-13-20(11-16(21)19(22)24-2)25-17-5-3-4-6-18(17)26-20;1-24-14-8-6-13(7-9-14)11-21-12-19(10-15(21)18(22)20-23)25-16-4-2-3-5-17(16)26-19/h7-10,16-18H,3-6,11-13H2,1-2H3;6-9,15-17,23H,2-5,10-12H2,1H3,(H,20,22)/t16-,17?,18?,20?;15-,16?,17?,19?/m11/s1. The van der Waals surface area contributed by atoms with Crippen molar-refractivity contribution in [2.75, 3.05) is 34.4 Å². The smallest absolute Gasteiger partial charge is 0.323 e. The van der Waals surface area contributed by atoms with Gasteiger partial charge >= 0.3 is 5.97 Å². The monoisotopic (exact) mass is 723 g/mol. The molecule has 2 N–H and O–H groups in total. The van der Waals surface area contributed by atoms with Gasteiger partial charge in [0.2, 0.25) is 0 Å². The highest BCUT2D eigenvalue weighted by atomic mass is 16.8. The Morgan fingerprint density at radius 2 is 1.06 bits per heavy atom. The van der Waals surface area contributed by atoms with Crippen LogP contribution in [0.4, 0.5) is 0 Å². The Labute approximate surface area is 305 Å². The lowest BCUT2D eigenvalue weighted by molar-refractivity contribution is -0.166. The minimum absolute atomic E-state index is 0.127. The van der Waals surface area contributed by atoms with Crippen molar-refractivity contribution in [1.29, 1.82) is 0 Å². The molecule has 4 saturated heterocycles. The summed E-state index contributed by atoms with van der Waals surface area (Å²) >= 11 is 0. The molecule has 6 atom stereocenters. The van der Waals surface area contributed by atoms with Crippen LogP contribution in [0, 0.1) is 0 Å². The number of methoxy groups -OCH3 is 3. The van der Waals surface area contributed by atoms with E-state index in [4.69, 9.17) is 38.4 Å². The second-order valence-electron chi connectivity index (χ2n) is 15.0. The molecule has 2 spiro atoms. The molecule has 2 saturated carbocycles. The van der Waals surface area contributed by atoms with E-state index in [1.165, 1.54) is 20.0 Å². The van der Waals surface area contributed by atoms with Crippen molar-refractivity contribution in [3.05, 3.63) is 59.7 Å². The Kier molecular flexibility index (Phi) is 11.4. The molecule has 4 aliphatic heterocycles. The van der Waals surface area contributed by atoms with Crippen molar-refractivity contribution in [3.8, 4) is 11.5 Å². The first kappa shape index (κ1) is 37.0. The Morgan fingerprint density at radius 3 is 1.42 bits per heavy atom. The number of carbonyl (C=O) groups is 2. The van der Waals surface area contributed by atoms with Crippen LogP contribution in [0.1, 0.15) is 75.3 Å². The van der Waals surface area contributed by atoms with E-state index in [9.17, 15) is 9.59 Å². The van der Waals surface area contributed by atoms with Crippen LogP contribution in [0.25, 0.3) is 0 Å². The van der Waals surface area contributed by atoms with E-state index in [1.807, 2.05) is 53.4 Å². The summed E-state index contributed by atoms with van der Waals surface area (Å²) in [5, 5.41) is 9.16. The van der Waals surface area contributed by atoms with Gasteiger partial charge in [-0.15, -0.1) is 0 Å². The van der Waals surface area contributed by atoms with Gasteiger partial charge in [0.15, 0.2) is 11.6 Å². The number of amides is 1. The van der Waals surface area contributed by atoms with E-state index in [-0.39, 0.29) is 36.4 Å². The molecule has 2 aromatic rings. The van der Waals surface area contributed by atoms with E-state index in [0.717, 1.165) is 61.2 Å². The highest BCUT2D eigenvalue weighted by Crippen LogP contribution is 2.46. The zero-order chi connectivity index (χ0) is 36.3. The van der Waals surface area contributed by atoms with Crippen molar-refractivity contribution in [1.82, 2.24) is 15.3 Å². The number of nitrogens with zero attached hydrogens (tertiary/aromatic N) is 2. The maximum Gasteiger partial charge on any atom is 0.323 e. The van der Waals surface area contributed by atoms with Crippen molar-refractivity contribution in [3.63, 3.8) is 0 Å². The van der Waals surface area contributed by atoms with Gasteiger partial charge in [-0.3, -0.25) is 24.6 Å². The normalized spacial score (nSPS) is 34.0. The zero-order valence-electron chi connectivity index (χ0n) is 30.5. The number of likely N-dealkylation sites (tertiary alicyclic amines) is 2. The Morgan fingerprint density at radius 1 is 0.673 bits per heavy atom. The third-order valence-electron chi connectivity index (χ3n) is 11.5. The predicted molar refractivity (Wildman–Crippen MR) is 187 cm³/mol. The Bertz CT molecular complexity index is 1380. The molecule has 8 rings (SSSR count). The van der Waals surface area contributed by atoms with Gasteiger partial charge in [0, 0.05) is 25.9 Å². The maximum absolute atomic E-state index is 12.4. The summed E-state index contributed by atoms with van der Waals surface area (Å²) in [6.07, 6.45) is 10.4. The molecule has 0 radical (unpaired) electrons. The van der Waals surface area contributed by atoms with Gasteiger partial charge in [0.1, 0.15) is 17.5 Å². The molecule has 6 fully saturated rings. The molecule has 2 aliphatic carbocycles. The number of hydrogen-bond acceptors (Lipinski definition) is 12. The van der Waals surface area contributed by atoms with Crippen molar-refractivity contribution in [2.45, 2.75) is 125 Å². The van der Waals surface area contributed by atoms with Crippen molar-refractivity contribution in [2.24, 2.45) is 0 Å². The fraction of sp³-hybridized carbons (Fsp3) is 0.641. The first-order valence-electron chi connectivity index (χ1n) is 18.7. The topological polar surface area (TPSA) is 137 Å². The third-order valence-corrected chi connectivity index (χ3v) is 11.5. The number of hydrogen-bond donors (Lipinski definition) is 2. The molecule has 4 heterocycles. The molecular weight excluding hydrogens is 670 g/mol. The minimum Gasteiger partial charge on any atom is -0.497 e. The summed E-state index contributed by atoms with van der Waals surface area (Å²) in [4.78, 5) is 28.7. The quantitative estimate of drug-likeness (QED) is 0.228. The van der Waals surface area contributed by atoms with Crippen LogP contribution >= 0.6 is 0 Å². The number of hydroxylamine groups is 1. The van der Waals surface area contributed by atoms with Gasteiger partial charge in [0.25, 0.3) is 5.91 Å². The summed E-state index contributed by atoms with van der Waals surface area (Å²) in [6, 6.07) is 14.9. The summed E-state index contributed by atoms with van der Waals surface area (Å²) < 4.78 is 40.8. The molecule has 6 aliphatic rings. The highest BCUT2D eigenvalue weighted by molar-refractivity contribution is 5.81. The van der Waals surface area contributed by atoms with Crippen LogP contribution in [-0.4, -0.2) is 109 Å². The lowest BCUT2D eigenvalue weighted by atomic mass is 9.95. The molecule has 284 valence electrons. The summed E-state index contributed by atoms with van der Waals surface area (Å²) in [5.41, 5.74) is 3.98. The lowest BCUT2D eigenvalue weighted by Crippen LogP contribution is -2.41. The fourth-order valence-electron chi connectivity index (χ4n) is 8.95. The number of carbonyl (C=O) groups excluding carboxylic acids is 2. The molecule has 0 aromatic heterocycles. The van der Waals surface area contributed by atoms with E-state index >= 15 is 0 Å². The van der Waals surface area contributed by atoms with Crippen LogP contribution in [0.5, 0.6) is 11.5 Å². The number of ether oxygens (including phenoxy) is 7. The third kappa shape index (κ3) is 7.96. The second kappa shape index (κ2) is 16.0. The number of benzene rings is 2. The van der Waals surface area contributed by atoms with E-state index in [0.29, 0.717) is 39.0 Å². The van der Waals surface area contributed by atoms with Crippen molar-refractivity contribution >= 4 is 11.9 Å². The average molecular weight is 724 g/mol. The summed E-state index contributed by atoms with van der Waals surface area (Å²) in [7, 11) is 4.73. The van der Waals surface area contributed by atoms with Crippen LogP contribution in [0.3, 0.4) is 0 Å². The molecule has 52 heavy (non-hydrogen) atoms. The van der Waals surface area contributed by atoms with Gasteiger partial charge in [-0.05, 0) is 61.1 Å². The minimum atomic E-state index is -0.747. The summed E-state index contributed by atoms with van der Waals surface area (Å²) in [6.45, 7) is 2.33. The largest absolute Gasteiger partial charge is 0.497 e. The van der Waals surface area contributed by atoms with Gasteiger partial charge in [0.05, 0.1) is 64.9 Å². The Balaban J connectivity index is 0.000000162. The van der Waals surface area contributed by atoms with Crippen LogP contribution in [0.2, 0.25) is 0 Å². The Hall–Kier alpha value is -3.30.